The van der Waals surface area contributed by atoms with Crippen LogP contribution in [0.1, 0.15) is 18.4 Å². The van der Waals surface area contributed by atoms with Gasteiger partial charge in [0.1, 0.15) is 11.6 Å². The molecular formula is C26H32ClFN4O4. The fourth-order valence-electron chi connectivity index (χ4n) is 4.98. The van der Waals surface area contributed by atoms with E-state index in [-0.39, 0.29) is 23.7 Å². The number of primary amides is 1. The van der Waals surface area contributed by atoms with Gasteiger partial charge in [0.15, 0.2) is 6.61 Å². The van der Waals surface area contributed by atoms with E-state index < -0.39 is 6.03 Å². The van der Waals surface area contributed by atoms with Crippen molar-refractivity contribution < 1.29 is 23.5 Å². The summed E-state index contributed by atoms with van der Waals surface area (Å²) < 4.78 is 24.7. The van der Waals surface area contributed by atoms with Gasteiger partial charge in [-0.15, -0.1) is 0 Å². The highest BCUT2D eigenvalue weighted by atomic mass is 35.5. The normalized spacial score (nSPS) is 18.0. The molecule has 0 atom stereocenters. The van der Waals surface area contributed by atoms with Crippen LogP contribution >= 0.6 is 11.6 Å². The Labute approximate surface area is 215 Å². The van der Waals surface area contributed by atoms with Crippen molar-refractivity contribution >= 4 is 29.2 Å². The number of halogens is 2. The summed E-state index contributed by atoms with van der Waals surface area (Å²) in [6.45, 7) is 5.22. The molecule has 8 nitrogen and oxygen atoms in total. The van der Waals surface area contributed by atoms with E-state index in [0.29, 0.717) is 29.5 Å². The maximum Gasteiger partial charge on any atom is 0.316 e. The Kier molecular flexibility index (Phi) is 8.66. The van der Waals surface area contributed by atoms with E-state index in [1.807, 2.05) is 17.0 Å². The lowest BCUT2D eigenvalue weighted by Crippen LogP contribution is -2.51. The number of morpholine rings is 1. The first-order valence-electron chi connectivity index (χ1n) is 12.1. The molecule has 2 aliphatic heterocycles. The largest absolute Gasteiger partial charge is 0.482 e. The standard InChI is InChI=1S/C26H32ClFN4O4/c27-20-3-6-23(22(15-20)30-25(29)34)36-17-24(33)32-9-7-26(8-10-32,18-31-11-13-35-14-12-31)16-19-1-4-21(28)5-2-19/h1-6,15H,7-14,16-18H2,(H3,29,30,34). The van der Waals surface area contributed by atoms with Crippen molar-refractivity contribution in [2.45, 2.75) is 19.3 Å². The fraction of sp³-hybridized carbons (Fsp3) is 0.462. The average Bonchev–Trinajstić information content (AvgIpc) is 2.85. The topological polar surface area (TPSA) is 97.1 Å². The quantitative estimate of drug-likeness (QED) is 0.557. The minimum atomic E-state index is -0.748. The first-order valence-corrected chi connectivity index (χ1v) is 12.5. The molecule has 2 aliphatic rings. The highest BCUT2D eigenvalue weighted by Gasteiger charge is 2.38. The molecule has 0 bridgehead atoms. The van der Waals surface area contributed by atoms with Crippen molar-refractivity contribution in [1.82, 2.24) is 9.80 Å². The van der Waals surface area contributed by atoms with Crippen molar-refractivity contribution in [1.29, 1.82) is 0 Å². The Morgan fingerprint density at radius 2 is 1.78 bits per heavy atom. The zero-order valence-corrected chi connectivity index (χ0v) is 20.9. The van der Waals surface area contributed by atoms with Crippen molar-refractivity contribution in [2.24, 2.45) is 11.1 Å². The van der Waals surface area contributed by atoms with Crippen LogP contribution in [0.25, 0.3) is 0 Å². The molecule has 0 radical (unpaired) electrons. The molecule has 10 heteroatoms. The number of hydrogen-bond acceptors (Lipinski definition) is 5. The predicted molar refractivity (Wildman–Crippen MR) is 136 cm³/mol. The van der Waals surface area contributed by atoms with E-state index in [0.717, 1.165) is 57.7 Å². The second-order valence-corrected chi connectivity index (χ2v) is 9.93. The number of hydrogen-bond donors (Lipinski definition) is 2. The molecule has 36 heavy (non-hydrogen) atoms. The highest BCUT2D eigenvalue weighted by Crippen LogP contribution is 2.37. The maximum absolute atomic E-state index is 13.5. The predicted octanol–water partition coefficient (Wildman–Crippen LogP) is 3.53. The summed E-state index contributed by atoms with van der Waals surface area (Å²) in [4.78, 5) is 28.5. The Hall–Kier alpha value is -2.88. The third kappa shape index (κ3) is 7.09. The minimum absolute atomic E-state index is 0.0123. The number of nitrogens with one attached hydrogen (secondary N) is 1. The molecule has 2 saturated heterocycles. The first-order chi connectivity index (χ1) is 17.3. The smallest absolute Gasteiger partial charge is 0.316 e. The zero-order chi connectivity index (χ0) is 25.5. The lowest BCUT2D eigenvalue weighted by molar-refractivity contribution is -0.136. The molecule has 194 valence electrons. The van der Waals surface area contributed by atoms with E-state index in [1.54, 1.807) is 12.1 Å². The number of urea groups is 1. The summed E-state index contributed by atoms with van der Waals surface area (Å²) in [6, 6.07) is 10.7. The van der Waals surface area contributed by atoms with Gasteiger partial charge in [0, 0.05) is 37.7 Å². The van der Waals surface area contributed by atoms with Gasteiger partial charge in [-0.3, -0.25) is 9.69 Å². The SMILES string of the molecule is NC(=O)Nc1cc(Cl)ccc1OCC(=O)N1CCC(Cc2ccc(F)cc2)(CN2CCOCC2)CC1. The van der Waals surface area contributed by atoms with E-state index >= 15 is 0 Å². The third-order valence-corrected chi connectivity index (χ3v) is 7.12. The summed E-state index contributed by atoms with van der Waals surface area (Å²) in [6.07, 6.45) is 2.50. The molecule has 2 aromatic carbocycles. The molecule has 0 spiro atoms. The van der Waals surface area contributed by atoms with Gasteiger partial charge in [-0.1, -0.05) is 23.7 Å². The van der Waals surface area contributed by atoms with Crippen molar-refractivity contribution in [2.75, 3.05) is 57.9 Å². The van der Waals surface area contributed by atoms with Gasteiger partial charge in [-0.05, 0) is 60.6 Å². The average molecular weight is 519 g/mol. The number of nitrogens with two attached hydrogens (primary N) is 1. The molecule has 0 aliphatic carbocycles. The number of amides is 3. The molecule has 3 N–H and O–H groups in total. The second kappa shape index (κ2) is 11.9. The summed E-state index contributed by atoms with van der Waals surface area (Å²) >= 11 is 6.00. The van der Waals surface area contributed by atoms with Crippen molar-refractivity contribution in [3.8, 4) is 5.75 Å². The van der Waals surface area contributed by atoms with Crippen molar-refractivity contribution in [3.05, 3.63) is 58.9 Å². The van der Waals surface area contributed by atoms with E-state index in [2.05, 4.69) is 10.2 Å². The van der Waals surface area contributed by atoms with Gasteiger partial charge < -0.3 is 25.4 Å². The lowest BCUT2D eigenvalue weighted by atomic mass is 9.73. The van der Waals surface area contributed by atoms with Crippen LogP contribution in [0.2, 0.25) is 5.02 Å². The molecule has 2 fully saturated rings. The van der Waals surface area contributed by atoms with Gasteiger partial charge in [0.05, 0.1) is 18.9 Å². The summed E-state index contributed by atoms with van der Waals surface area (Å²) in [5, 5.41) is 2.87. The molecule has 2 aromatic rings. The number of rotatable bonds is 8. The van der Waals surface area contributed by atoms with Gasteiger partial charge in [0.2, 0.25) is 0 Å². The van der Waals surface area contributed by atoms with Crippen LogP contribution in [0.3, 0.4) is 0 Å². The van der Waals surface area contributed by atoms with Crippen LogP contribution in [0.15, 0.2) is 42.5 Å². The number of anilines is 1. The summed E-state index contributed by atoms with van der Waals surface area (Å²) in [5.41, 5.74) is 6.62. The molecule has 0 saturated carbocycles. The van der Waals surface area contributed by atoms with Gasteiger partial charge in [-0.2, -0.15) is 0 Å². The maximum atomic E-state index is 13.5. The Morgan fingerprint density at radius 3 is 2.44 bits per heavy atom. The van der Waals surface area contributed by atoms with Crippen LogP contribution in [0, 0.1) is 11.2 Å². The molecular weight excluding hydrogens is 487 g/mol. The molecule has 0 unspecified atom stereocenters. The van der Waals surface area contributed by atoms with Gasteiger partial charge >= 0.3 is 6.03 Å². The number of carbonyl (C=O) groups is 2. The lowest BCUT2D eigenvalue weighted by Gasteiger charge is -2.45. The fourth-order valence-corrected chi connectivity index (χ4v) is 5.15. The number of nitrogens with zero attached hydrogens (tertiary/aromatic N) is 2. The van der Waals surface area contributed by atoms with Crippen LogP contribution in [0.4, 0.5) is 14.9 Å². The van der Waals surface area contributed by atoms with Crippen LogP contribution in [0.5, 0.6) is 5.75 Å². The Morgan fingerprint density at radius 1 is 1.08 bits per heavy atom. The van der Waals surface area contributed by atoms with Crippen LogP contribution < -0.4 is 15.8 Å². The molecule has 3 amide bonds. The van der Waals surface area contributed by atoms with E-state index in [1.165, 1.54) is 18.2 Å². The Balaban J connectivity index is 1.38. The summed E-state index contributed by atoms with van der Waals surface area (Å²) in [7, 11) is 0. The Bertz CT molecular complexity index is 1050. The van der Waals surface area contributed by atoms with Crippen LogP contribution in [-0.2, 0) is 16.0 Å². The minimum Gasteiger partial charge on any atom is -0.482 e. The highest BCUT2D eigenvalue weighted by molar-refractivity contribution is 6.31. The molecule has 0 aromatic heterocycles. The molecule has 2 heterocycles. The van der Waals surface area contributed by atoms with E-state index in [4.69, 9.17) is 26.8 Å². The summed E-state index contributed by atoms with van der Waals surface area (Å²) in [5.74, 6) is -0.0467. The zero-order valence-electron chi connectivity index (χ0n) is 20.2. The van der Waals surface area contributed by atoms with Crippen LogP contribution in [-0.4, -0.2) is 74.3 Å². The monoisotopic (exact) mass is 518 g/mol. The van der Waals surface area contributed by atoms with Crippen molar-refractivity contribution in [3.63, 3.8) is 0 Å². The van der Waals surface area contributed by atoms with E-state index in [9.17, 15) is 14.0 Å². The molecule has 4 rings (SSSR count). The first kappa shape index (κ1) is 26.2. The second-order valence-electron chi connectivity index (χ2n) is 9.49. The number of piperidine rings is 1. The van der Waals surface area contributed by atoms with Gasteiger partial charge in [0.25, 0.3) is 5.91 Å². The number of carbonyl (C=O) groups excluding carboxylic acids is 2. The number of benzene rings is 2. The number of likely N-dealkylation sites (tertiary alicyclic amines) is 1. The third-order valence-electron chi connectivity index (χ3n) is 6.88. The number of ether oxygens (including phenoxy) is 2. The van der Waals surface area contributed by atoms with Gasteiger partial charge in [-0.25, -0.2) is 9.18 Å².